The quantitative estimate of drug-likeness (QED) is 0.800. The molecule has 0 bridgehead atoms. The molecule has 1 atom stereocenters. The van der Waals surface area contributed by atoms with Gasteiger partial charge in [0.05, 0.1) is 10.0 Å². The zero-order valence-corrected chi connectivity index (χ0v) is 9.39. The maximum atomic E-state index is 10.9. The van der Waals surface area contributed by atoms with E-state index in [0.29, 0.717) is 15.8 Å². The van der Waals surface area contributed by atoms with Crippen LogP contribution in [-0.2, 0) is 4.79 Å². The van der Waals surface area contributed by atoms with Crippen molar-refractivity contribution in [2.45, 2.75) is 20.0 Å². The predicted molar refractivity (Wildman–Crippen MR) is 57.2 cm³/mol. The van der Waals surface area contributed by atoms with Crippen LogP contribution in [0.3, 0.4) is 0 Å². The van der Waals surface area contributed by atoms with Gasteiger partial charge in [-0.3, -0.25) is 4.79 Å². The molecule has 14 heavy (non-hydrogen) atoms. The summed E-state index contributed by atoms with van der Waals surface area (Å²) in [4.78, 5) is 10.9. The lowest BCUT2D eigenvalue weighted by Crippen LogP contribution is -2.20. The van der Waals surface area contributed by atoms with Gasteiger partial charge in [0.2, 0.25) is 0 Å². The molecule has 0 amide bonds. The fourth-order valence-electron chi connectivity index (χ4n) is 0.837. The first kappa shape index (κ1) is 11.3. The van der Waals surface area contributed by atoms with E-state index in [0.717, 1.165) is 0 Å². The highest BCUT2D eigenvalue weighted by Crippen LogP contribution is 2.26. The van der Waals surface area contributed by atoms with Gasteiger partial charge in [0.1, 0.15) is 5.75 Å². The third kappa shape index (κ3) is 2.89. The summed E-state index contributed by atoms with van der Waals surface area (Å²) in [5.41, 5.74) is 0. The lowest BCUT2D eigenvalue weighted by atomic mass is 10.3. The van der Waals surface area contributed by atoms with Crippen molar-refractivity contribution >= 4 is 29.0 Å². The van der Waals surface area contributed by atoms with E-state index in [1.807, 2.05) is 0 Å². The van der Waals surface area contributed by atoms with Gasteiger partial charge < -0.3 is 4.74 Å². The molecule has 0 heterocycles. The minimum absolute atomic E-state index is 0.0314. The highest BCUT2D eigenvalue weighted by atomic mass is 35.5. The van der Waals surface area contributed by atoms with Crippen LogP contribution in [-0.4, -0.2) is 11.9 Å². The molecule has 0 aliphatic carbocycles. The largest absolute Gasteiger partial charge is 0.483 e. The molecule has 0 N–H and O–H groups in total. The molecule has 1 aromatic rings. The molecular weight excluding hydrogens is 223 g/mol. The second kappa shape index (κ2) is 4.67. The molecule has 0 aliphatic heterocycles. The van der Waals surface area contributed by atoms with E-state index in [1.54, 1.807) is 25.1 Å². The van der Waals surface area contributed by atoms with E-state index in [2.05, 4.69) is 0 Å². The Balaban J connectivity index is 2.78. The van der Waals surface area contributed by atoms with Crippen molar-refractivity contribution in [2.75, 3.05) is 0 Å². The Morgan fingerprint density at radius 2 is 2.00 bits per heavy atom. The number of carbonyl (C=O) groups is 1. The van der Waals surface area contributed by atoms with Crippen LogP contribution in [0.15, 0.2) is 18.2 Å². The molecule has 76 valence electrons. The van der Waals surface area contributed by atoms with Gasteiger partial charge in [-0.25, -0.2) is 0 Å². The van der Waals surface area contributed by atoms with Crippen LogP contribution < -0.4 is 4.74 Å². The smallest absolute Gasteiger partial charge is 0.169 e. The number of hydrogen-bond acceptors (Lipinski definition) is 2. The van der Waals surface area contributed by atoms with Crippen molar-refractivity contribution in [1.82, 2.24) is 0 Å². The Morgan fingerprint density at radius 3 is 2.50 bits per heavy atom. The molecular formula is C10H10Cl2O2. The van der Waals surface area contributed by atoms with Crippen LogP contribution >= 0.6 is 23.2 Å². The van der Waals surface area contributed by atoms with E-state index < -0.39 is 6.10 Å². The maximum Gasteiger partial charge on any atom is 0.169 e. The molecule has 1 aromatic carbocycles. The molecule has 0 spiro atoms. The van der Waals surface area contributed by atoms with Gasteiger partial charge in [0.15, 0.2) is 11.9 Å². The number of hydrogen-bond donors (Lipinski definition) is 0. The van der Waals surface area contributed by atoms with Crippen molar-refractivity contribution in [3.8, 4) is 5.75 Å². The molecule has 1 rings (SSSR count). The third-order valence-electron chi connectivity index (χ3n) is 1.78. The number of ketones is 1. The average Bonchev–Trinajstić information content (AvgIpc) is 2.11. The lowest BCUT2D eigenvalue weighted by molar-refractivity contribution is -0.122. The van der Waals surface area contributed by atoms with Crippen LogP contribution in [0.1, 0.15) is 13.8 Å². The zero-order chi connectivity index (χ0) is 10.7. The number of ether oxygens (including phenoxy) is 1. The molecule has 0 saturated heterocycles. The van der Waals surface area contributed by atoms with E-state index in [1.165, 1.54) is 6.92 Å². The second-order valence-electron chi connectivity index (χ2n) is 2.95. The van der Waals surface area contributed by atoms with Gasteiger partial charge in [-0.1, -0.05) is 23.2 Å². The fraction of sp³-hybridized carbons (Fsp3) is 0.300. The summed E-state index contributed by atoms with van der Waals surface area (Å²) < 4.78 is 5.32. The molecule has 4 heteroatoms. The first-order valence-corrected chi connectivity index (χ1v) is 4.88. The van der Waals surface area contributed by atoms with Crippen molar-refractivity contribution in [3.05, 3.63) is 28.2 Å². The van der Waals surface area contributed by atoms with Crippen molar-refractivity contribution in [3.63, 3.8) is 0 Å². The highest BCUT2D eigenvalue weighted by Gasteiger charge is 2.09. The minimum Gasteiger partial charge on any atom is -0.483 e. The highest BCUT2D eigenvalue weighted by molar-refractivity contribution is 6.42. The first-order chi connectivity index (χ1) is 6.50. The van der Waals surface area contributed by atoms with Gasteiger partial charge in [-0.15, -0.1) is 0 Å². The van der Waals surface area contributed by atoms with Crippen LogP contribution in [0.2, 0.25) is 10.0 Å². The van der Waals surface area contributed by atoms with E-state index >= 15 is 0 Å². The van der Waals surface area contributed by atoms with E-state index in [9.17, 15) is 4.79 Å². The lowest BCUT2D eigenvalue weighted by Gasteiger charge is -2.11. The van der Waals surface area contributed by atoms with Gasteiger partial charge in [-0.2, -0.15) is 0 Å². The predicted octanol–water partition coefficient (Wildman–Crippen LogP) is 3.35. The Morgan fingerprint density at radius 1 is 1.36 bits per heavy atom. The standard InChI is InChI=1S/C10H10Cl2O2/c1-6(13)7(2)14-8-3-4-9(11)10(12)5-8/h3-5,7H,1-2H3. The Hall–Kier alpha value is -0.730. The summed E-state index contributed by atoms with van der Waals surface area (Å²) >= 11 is 11.5. The van der Waals surface area contributed by atoms with E-state index in [4.69, 9.17) is 27.9 Å². The number of halogens is 2. The summed E-state index contributed by atoms with van der Waals surface area (Å²) in [5.74, 6) is 0.512. The SMILES string of the molecule is CC(=O)C(C)Oc1ccc(Cl)c(Cl)c1. The fourth-order valence-corrected chi connectivity index (χ4v) is 1.13. The van der Waals surface area contributed by atoms with Crippen LogP contribution in [0.5, 0.6) is 5.75 Å². The first-order valence-electron chi connectivity index (χ1n) is 4.13. The van der Waals surface area contributed by atoms with Crippen molar-refractivity contribution < 1.29 is 9.53 Å². The summed E-state index contributed by atoms with van der Waals surface area (Å²) in [6.45, 7) is 3.16. The number of Topliss-reactive ketones (excluding diaryl/α,β-unsaturated/α-hetero) is 1. The van der Waals surface area contributed by atoms with Crippen LogP contribution in [0.25, 0.3) is 0 Å². The minimum atomic E-state index is -0.466. The maximum absolute atomic E-state index is 10.9. The van der Waals surface area contributed by atoms with Gasteiger partial charge >= 0.3 is 0 Å². The molecule has 0 saturated carbocycles. The average molecular weight is 233 g/mol. The number of benzene rings is 1. The topological polar surface area (TPSA) is 26.3 Å². The summed E-state index contributed by atoms with van der Waals surface area (Å²) in [7, 11) is 0. The normalized spacial score (nSPS) is 12.3. The monoisotopic (exact) mass is 232 g/mol. The summed E-state index contributed by atoms with van der Waals surface area (Å²) in [6, 6.07) is 4.89. The molecule has 0 radical (unpaired) electrons. The third-order valence-corrected chi connectivity index (χ3v) is 2.52. The van der Waals surface area contributed by atoms with Gasteiger partial charge in [0.25, 0.3) is 0 Å². The number of carbonyl (C=O) groups excluding carboxylic acids is 1. The zero-order valence-electron chi connectivity index (χ0n) is 7.88. The van der Waals surface area contributed by atoms with Crippen LogP contribution in [0, 0.1) is 0 Å². The Labute approximate surface area is 92.8 Å². The second-order valence-corrected chi connectivity index (χ2v) is 3.76. The van der Waals surface area contributed by atoms with Crippen molar-refractivity contribution in [1.29, 1.82) is 0 Å². The summed E-state index contributed by atoms with van der Waals surface area (Å²) in [5, 5.41) is 0.884. The van der Waals surface area contributed by atoms with E-state index in [-0.39, 0.29) is 5.78 Å². The molecule has 1 unspecified atom stereocenters. The Bertz CT molecular complexity index is 350. The number of rotatable bonds is 3. The van der Waals surface area contributed by atoms with Crippen molar-refractivity contribution in [2.24, 2.45) is 0 Å². The Kier molecular flexibility index (Phi) is 3.78. The molecule has 0 aromatic heterocycles. The van der Waals surface area contributed by atoms with Crippen LogP contribution in [0.4, 0.5) is 0 Å². The molecule has 0 aliphatic rings. The molecule has 2 nitrogen and oxygen atoms in total. The molecule has 0 fully saturated rings. The van der Waals surface area contributed by atoms with Gasteiger partial charge in [-0.05, 0) is 26.0 Å². The van der Waals surface area contributed by atoms with Gasteiger partial charge in [0, 0.05) is 6.07 Å². The summed E-state index contributed by atoms with van der Waals surface area (Å²) in [6.07, 6.45) is -0.466.